The molecule has 2 heterocycles. The van der Waals surface area contributed by atoms with Gasteiger partial charge in [-0.15, -0.1) is 0 Å². The summed E-state index contributed by atoms with van der Waals surface area (Å²) in [5.74, 6) is 2.65. The van der Waals surface area contributed by atoms with Crippen LogP contribution >= 0.6 is 0 Å². The number of methoxy groups -OCH3 is 1. The van der Waals surface area contributed by atoms with Gasteiger partial charge in [-0.25, -0.2) is 0 Å². The maximum absolute atomic E-state index is 5.68. The number of nitrogens with one attached hydrogen (secondary N) is 1. The molecule has 0 aliphatic carbocycles. The quantitative estimate of drug-likeness (QED) is 0.863. The van der Waals surface area contributed by atoms with E-state index in [0.29, 0.717) is 0 Å². The van der Waals surface area contributed by atoms with Crippen LogP contribution in [0.3, 0.4) is 0 Å². The maximum atomic E-state index is 5.68. The Morgan fingerprint density at radius 2 is 2.41 bits per heavy atom. The molecule has 0 radical (unpaired) electrons. The first kappa shape index (κ1) is 10.9. The Morgan fingerprint density at radius 3 is 3.18 bits per heavy atom. The predicted molar refractivity (Wildman–Crippen MR) is 66.9 cm³/mol. The monoisotopic (exact) mass is 233 g/mol. The average molecular weight is 233 g/mol. The van der Waals surface area contributed by atoms with Gasteiger partial charge in [0.1, 0.15) is 0 Å². The highest BCUT2D eigenvalue weighted by atomic mass is 16.5. The van der Waals surface area contributed by atoms with Crippen LogP contribution in [0.25, 0.3) is 0 Å². The summed E-state index contributed by atoms with van der Waals surface area (Å²) in [6.07, 6.45) is 3.49. The second-order valence-electron chi connectivity index (χ2n) is 4.90. The third-order valence-corrected chi connectivity index (χ3v) is 3.81. The molecule has 1 fully saturated rings. The van der Waals surface area contributed by atoms with E-state index in [0.717, 1.165) is 37.0 Å². The van der Waals surface area contributed by atoms with Gasteiger partial charge in [0, 0.05) is 12.0 Å². The van der Waals surface area contributed by atoms with Crippen LogP contribution in [0.15, 0.2) is 12.1 Å². The van der Waals surface area contributed by atoms with Crippen LogP contribution in [-0.4, -0.2) is 26.8 Å². The number of hydrogen-bond acceptors (Lipinski definition) is 3. The summed E-state index contributed by atoms with van der Waals surface area (Å²) in [5, 5.41) is 3.43. The van der Waals surface area contributed by atoms with Crippen LogP contribution in [0.5, 0.6) is 11.5 Å². The zero-order valence-electron chi connectivity index (χ0n) is 10.3. The van der Waals surface area contributed by atoms with E-state index in [-0.39, 0.29) is 0 Å². The van der Waals surface area contributed by atoms with E-state index in [1.54, 1.807) is 7.11 Å². The van der Waals surface area contributed by atoms with Crippen molar-refractivity contribution in [3.63, 3.8) is 0 Å². The highest BCUT2D eigenvalue weighted by Gasteiger charge is 2.23. The first-order chi connectivity index (χ1) is 8.38. The molecule has 0 amide bonds. The Bertz CT molecular complexity index is 411. The Hall–Kier alpha value is -1.22. The minimum absolute atomic E-state index is 0.785. The van der Waals surface area contributed by atoms with Gasteiger partial charge < -0.3 is 14.8 Å². The number of hydrogen-bond donors (Lipinski definition) is 1. The molecule has 0 saturated carbocycles. The molecule has 1 N–H and O–H groups in total. The second-order valence-corrected chi connectivity index (χ2v) is 4.90. The van der Waals surface area contributed by atoms with Crippen LogP contribution in [-0.2, 0) is 12.8 Å². The summed E-state index contributed by atoms with van der Waals surface area (Å²) < 4.78 is 11.0. The van der Waals surface area contributed by atoms with Crippen molar-refractivity contribution < 1.29 is 9.47 Å². The fourth-order valence-electron chi connectivity index (χ4n) is 2.89. The van der Waals surface area contributed by atoms with Crippen LogP contribution in [0.4, 0.5) is 0 Å². The van der Waals surface area contributed by atoms with E-state index in [1.165, 1.54) is 30.5 Å². The molecular weight excluding hydrogens is 214 g/mol. The van der Waals surface area contributed by atoms with Gasteiger partial charge >= 0.3 is 0 Å². The van der Waals surface area contributed by atoms with E-state index in [2.05, 4.69) is 11.4 Å². The summed E-state index contributed by atoms with van der Waals surface area (Å²) in [4.78, 5) is 0. The van der Waals surface area contributed by atoms with Gasteiger partial charge in [0.25, 0.3) is 0 Å². The van der Waals surface area contributed by atoms with Gasteiger partial charge in [-0.1, -0.05) is 6.07 Å². The van der Waals surface area contributed by atoms with Crippen molar-refractivity contribution in [3.8, 4) is 11.5 Å². The lowest BCUT2D eigenvalue weighted by atomic mass is 9.93. The normalized spacial score (nSPS) is 22.3. The summed E-state index contributed by atoms with van der Waals surface area (Å²) in [6.45, 7) is 3.12. The zero-order chi connectivity index (χ0) is 11.7. The molecule has 2 aliphatic heterocycles. The topological polar surface area (TPSA) is 30.5 Å². The molecule has 0 bridgehead atoms. The third kappa shape index (κ3) is 2.00. The average Bonchev–Trinajstić information content (AvgIpc) is 2.99. The van der Waals surface area contributed by atoms with Crippen LogP contribution in [0.2, 0.25) is 0 Å². The van der Waals surface area contributed by atoms with Crippen molar-refractivity contribution in [2.45, 2.75) is 19.3 Å². The molecule has 1 aromatic rings. The largest absolute Gasteiger partial charge is 0.493 e. The first-order valence-corrected chi connectivity index (χ1v) is 6.40. The summed E-state index contributed by atoms with van der Waals surface area (Å²) in [7, 11) is 1.71. The molecule has 0 spiro atoms. The van der Waals surface area contributed by atoms with E-state index < -0.39 is 0 Å². The van der Waals surface area contributed by atoms with Crippen LogP contribution in [0, 0.1) is 5.92 Å². The second kappa shape index (κ2) is 4.57. The lowest BCUT2D eigenvalue weighted by Crippen LogP contribution is -2.11. The number of rotatable bonds is 3. The standard InChI is InChI=1S/C14H19NO2/c1-16-13-3-2-11(8-10-4-6-15-9-10)12-5-7-17-14(12)13/h2-3,10,15H,4-9H2,1H3. The Kier molecular flexibility index (Phi) is 2.93. The fraction of sp³-hybridized carbons (Fsp3) is 0.571. The molecule has 92 valence electrons. The zero-order valence-corrected chi connectivity index (χ0v) is 10.3. The van der Waals surface area contributed by atoms with Crippen molar-refractivity contribution in [2.24, 2.45) is 5.92 Å². The van der Waals surface area contributed by atoms with E-state index in [9.17, 15) is 0 Å². The molecule has 3 rings (SSSR count). The molecule has 0 aromatic heterocycles. The summed E-state index contributed by atoms with van der Waals surface area (Å²) in [5.41, 5.74) is 2.82. The van der Waals surface area contributed by atoms with Gasteiger partial charge in [0.15, 0.2) is 11.5 Å². The van der Waals surface area contributed by atoms with Crippen LogP contribution in [0.1, 0.15) is 17.5 Å². The minimum Gasteiger partial charge on any atom is -0.493 e. The molecule has 2 aliphatic rings. The fourth-order valence-corrected chi connectivity index (χ4v) is 2.89. The molecule has 3 nitrogen and oxygen atoms in total. The Labute approximate surface area is 102 Å². The Balaban J connectivity index is 1.87. The molecule has 3 heteroatoms. The third-order valence-electron chi connectivity index (χ3n) is 3.81. The predicted octanol–water partition coefficient (Wildman–Crippen LogP) is 1.78. The molecule has 1 aromatic carbocycles. The summed E-state index contributed by atoms with van der Waals surface area (Å²) in [6, 6.07) is 4.26. The molecule has 1 atom stereocenters. The minimum atomic E-state index is 0.785. The highest BCUT2D eigenvalue weighted by Crippen LogP contribution is 2.38. The number of ether oxygens (including phenoxy) is 2. The van der Waals surface area contributed by atoms with Gasteiger partial charge in [-0.05, 0) is 43.5 Å². The number of fused-ring (bicyclic) bond motifs is 1. The van der Waals surface area contributed by atoms with Crippen molar-refractivity contribution >= 4 is 0 Å². The van der Waals surface area contributed by atoms with Gasteiger partial charge in [0.05, 0.1) is 13.7 Å². The molecule has 17 heavy (non-hydrogen) atoms. The van der Waals surface area contributed by atoms with Gasteiger partial charge in [0.2, 0.25) is 0 Å². The lowest BCUT2D eigenvalue weighted by molar-refractivity contribution is 0.326. The van der Waals surface area contributed by atoms with E-state index >= 15 is 0 Å². The van der Waals surface area contributed by atoms with Crippen molar-refractivity contribution in [3.05, 3.63) is 23.3 Å². The van der Waals surface area contributed by atoms with Crippen molar-refractivity contribution in [1.29, 1.82) is 0 Å². The van der Waals surface area contributed by atoms with Crippen molar-refractivity contribution in [1.82, 2.24) is 5.32 Å². The van der Waals surface area contributed by atoms with E-state index in [4.69, 9.17) is 9.47 Å². The first-order valence-electron chi connectivity index (χ1n) is 6.40. The maximum Gasteiger partial charge on any atom is 0.164 e. The smallest absolute Gasteiger partial charge is 0.164 e. The number of benzene rings is 1. The Morgan fingerprint density at radius 1 is 1.47 bits per heavy atom. The summed E-state index contributed by atoms with van der Waals surface area (Å²) >= 11 is 0. The van der Waals surface area contributed by atoms with Gasteiger partial charge in [-0.3, -0.25) is 0 Å². The molecular formula is C14H19NO2. The van der Waals surface area contributed by atoms with Gasteiger partial charge in [-0.2, -0.15) is 0 Å². The molecule has 1 saturated heterocycles. The lowest BCUT2D eigenvalue weighted by Gasteiger charge is -2.13. The molecule has 1 unspecified atom stereocenters. The van der Waals surface area contributed by atoms with E-state index in [1.807, 2.05) is 6.07 Å². The van der Waals surface area contributed by atoms with Crippen LogP contribution < -0.4 is 14.8 Å². The van der Waals surface area contributed by atoms with Crippen molar-refractivity contribution in [2.75, 3.05) is 26.8 Å². The SMILES string of the molecule is COc1ccc(CC2CCNC2)c2c1OCC2. The highest BCUT2D eigenvalue weighted by molar-refractivity contribution is 5.52.